The number of benzene rings is 2. The fourth-order valence-electron chi connectivity index (χ4n) is 1.53. The summed E-state index contributed by atoms with van der Waals surface area (Å²) in [4.78, 5) is 11.8. The van der Waals surface area contributed by atoms with Crippen molar-refractivity contribution in [3.8, 4) is 0 Å². The quantitative estimate of drug-likeness (QED) is 0.596. The van der Waals surface area contributed by atoms with E-state index in [1.54, 1.807) is 24.3 Å². The zero-order chi connectivity index (χ0) is 13.8. The first kappa shape index (κ1) is 13.4. The van der Waals surface area contributed by atoms with Gasteiger partial charge >= 0.3 is 0 Å². The molecule has 0 N–H and O–H groups in total. The largest absolute Gasteiger partial charge is 0.289 e. The first-order valence-corrected chi connectivity index (χ1v) is 5.88. The lowest BCUT2D eigenvalue weighted by atomic mass is 10.1. The van der Waals surface area contributed by atoms with Gasteiger partial charge in [0.1, 0.15) is 0 Å². The summed E-state index contributed by atoms with van der Waals surface area (Å²) in [6.07, 6.45) is 2.44. The molecule has 0 atom stereocenters. The maximum atomic E-state index is 13.4. The zero-order valence-corrected chi connectivity index (χ0v) is 10.5. The number of carbonyl (C=O) groups is 1. The van der Waals surface area contributed by atoms with Crippen LogP contribution in [0.1, 0.15) is 15.9 Å². The monoisotopic (exact) mass is 278 g/mol. The second kappa shape index (κ2) is 5.76. The van der Waals surface area contributed by atoms with Crippen LogP contribution in [0.25, 0.3) is 6.08 Å². The third kappa shape index (κ3) is 3.26. The summed E-state index contributed by atoms with van der Waals surface area (Å²) in [7, 11) is 0. The molecule has 0 aliphatic heterocycles. The van der Waals surface area contributed by atoms with Crippen molar-refractivity contribution < 1.29 is 13.6 Å². The molecule has 1 nitrogen and oxygen atoms in total. The molecule has 0 amide bonds. The van der Waals surface area contributed by atoms with Crippen LogP contribution in [0, 0.1) is 11.6 Å². The Bertz CT molecular complexity index is 633. The van der Waals surface area contributed by atoms with E-state index in [0.717, 1.165) is 6.07 Å². The lowest BCUT2D eigenvalue weighted by Crippen LogP contribution is -1.94. The highest BCUT2D eigenvalue weighted by molar-refractivity contribution is 6.30. The molecule has 0 saturated heterocycles. The number of ketones is 1. The molecule has 0 aliphatic carbocycles. The Morgan fingerprint density at radius 2 is 1.74 bits per heavy atom. The second-order valence-corrected chi connectivity index (χ2v) is 4.28. The van der Waals surface area contributed by atoms with Crippen LogP contribution in [0.5, 0.6) is 0 Å². The molecule has 0 unspecified atom stereocenters. The van der Waals surface area contributed by atoms with Gasteiger partial charge in [-0.05, 0) is 42.5 Å². The van der Waals surface area contributed by atoms with Crippen LogP contribution < -0.4 is 0 Å². The molecule has 0 saturated carbocycles. The summed E-state index contributed by atoms with van der Waals surface area (Å²) in [5, 5.41) is 0.525. The molecule has 0 bridgehead atoms. The SMILES string of the molecule is O=C(/C=C/c1cccc(F)c1F)c1ccc(Cl)cc1. The smallest absolute Gasteiger partial charge is 0.185 e. The molecular weight excluding hydrogens is 270 g/mol. The molecule has 4 heteroatoms. The van der Waals surface area contributed by atoms with Crippen molar-refractivity contribution in [2.45, 2.75) is 0 Å². The average molecular weight is 279 g/mol. The summed E-state index contributed by atoms with van der Waals surface area (Å²) < 4.78 is 26.3. The molecule has 96 valence electrons. The van der Waals surface area contributed by atoms with Gasteiger partial charge in [-0.25, -0.2) is 8.78 Å². The van der Waals surface area contributed by atoms with E-state index in [9.17, 15) is 13.6 Å². The maximum Gasteiger partial charge on any atom is 0.185 e. The van der Waals surface area contributed by atoms with Gasteiger partial charge in [0.15, 0.2) is 17.4 Å². The average Bonchev–Trinajstić information content (AvgIpc) is 2.41. The van der Waals surface area contributed by atoms with E-state index in [-0.39, 0.29) is 11.3 Å². The highest BCUT2D eigenvalue weighted by atomic mass is 35.5. The van der Waals surface area contributed by atoms with Gasteiger partial charge in [-0.2, -0.15) is 0 Å². The van der Waals surface area contributed by atoms with E-state index >= 15 is 0 Å². The number of allylic oxidation sites excluding steroid dienone is 1. The van der Waals surface area contributed by atoms with Gasteiger partial charge in [-0.1, -0.05) is 23.7 Å². The maximum absolute atomic E-state index is 13.4. The Morgan fingerprint density at radius 3 is 2.42 bits per heavy atom. The molecule has 0 fully saturated rings. The molecule has 0 heterocycles. The fourth-order valence-corrected chi connectivity index (χ4v) is 1.65. The van der Waals surface area contributed by atoms with Crippen LogP contribution in [0.15, 0.2) is 48.5 Å². The van der Waals surface area contributed by atoms with Crippen molar-refractivity contribution in [1.29, 1.82) is 0 Å². The third-order valence-corrected chi connectivity index (χ3v) is 2.78. The molecule has 2 aromatic carbocycles. The number of carbonyl (C=O) groups excluding carboxylic acids is 1. The van der Waals surface area contributed by atoms with Crippen molar-refractivity contribution in [1.82, 2.24) is 0 Å². The molecule has 2 aromatic rings. The first-order valence-electron chi connectivity index (χ1n) is 5.50. The third-order valence-electron chi connectivity index (χ3n) is 2.52. The minimum atomic E-state index is -0.970. The molecule has 0 aliphatic rings. The van der Waals surface area contributed by atoms with Crippen molar-refractivity contribution in [3.05, 3.63) is 76.3 Å². The van der Waals surface area contributed by atoms with E-state index in [1.165, 1.54) is 24.3 Å². The minimum absolute atomic E-state index is 0.0299. The minimum Gasteiger partial charge on any atom is -0.289 e. The lowest BCUT2D eigenvalue weighted by Gasteiger charge is -1.98. The van der Waals surface area contributed by atoms with Crippen LogP contribution in [-0.4, -0.2) is 5.78 Å². The van der Waals surface area contributed by atoms with Crippen LogP contribution in [-0.2, 0) is 0 Å². The van der Waals surface area contributed by atoms with Gasteiger partial charge < -0.3 is 0 Å². The summed E-state index contributed by atoms with van der Waals surface area (Å²) in [5.41, 5.74) is 0.458. The first-order chi connectivity index (χ1) is 9.08. The number of halogens is 3. The van der Waals surface area contributed by atoms with Crippen molar-refractivity contribution >= 4 is 23.5 Å². The summed E-state index contributed by atoms with van der Waals surface area (Å²) >= 11 is 5.71. The molecule has 0 spiro atoms. The number of hydrogen-bond acceptors (Lipinski definition) is 1. The molecule has 19 heavy (non-hydrogen) atoms. The Labute approximate surface area is 114 Å². The fraction of sp³-hybridized carbons (Fsp3) is 0. The van der Waals surface area contributed by atoms with Crippen molar-refractivity contribution in [3.63, 3.8) is 0 Å². The van der Waals surface area contributed by atoms with E-state index in [0.29, 0.717) is 10.6 Å². The highest BCUT2D eigenvalue weighted by Crippen LogP contribution is 2.14. The predicted molar refractivity (Wildman–Crippen MR) is 71.2 cm³/mol. The number of hydrogen-bond donors (Lipinski definition) is 0. The summed E-state index contributed by atoms with van der Waals surface area (Å²) in [6.45, 7) is 0. The van der Waals surface area contributed by atoms with Crippen molar-refractivity contribution in [2.75, 3.05) is 0 Å². The van der Waals surface area contributed by atoms with E-state index in [1.807, 2.05) is 0 Å². The van der Waals surface area contributed by atoms with Crippen molar-refractivity contribution in [2.24, 2.45) is 0 Å². The van der Waals surface area contributed by atoms with Gasteiger partial charge in [-0.15, -0.1) is 0 Å². The lowest BCUT2D eigenvalue weighted by molar-refractivity contribution is 0.104. The zero-order valence-electron chi connectivity index (χ0n) is 9.74. The molecule has 0 aromatic heterocycles. The summed E-state index contributed by atoms with van der Waals surface area (Å²) in [6, 6.07) is 10.1. The molecule has 2 rings (SSSR count). The van der Waals surface area contributed by atoms with Crippen LogP contribution in [0.3, 0.4) is 0 Å². The summed E-state index contributed by atoms with van der Waals surface area (Å²) in [5.74, 6) is -2.22. The Balaban J connectivity index is 2.21. The van der Waals surface area contributed by atoms with E-state index < -0.39 is 11.6 Å². The Hall–Kier alpha value is -2.00. The Morgan fingerprint density at radius 1 is 1.05 bits per heavy atom. The van der Waals surface area contributed by atoms with Gasteiger partial charge in [0.25, 0.3) is 0 Å². The number of rotatable bonds is 3. The highest BCUT2D eigenvalue weighted by Gasteiger charge is 2.06. The molecule has 0 radical (unpaired) electrons. The second-order valence-electron chi connectivity index (χ2n) is 3.85. The van der Waals surface area contributed by atoms with Crippen LogP contribution >= 0.6 is 11.6 Å². The molecular formula is C15H9ClF2O. The predicted octanol–water partition coefficient (Wildman–Crippen LogP) is 4.51. The van der Waals surface area contributed by atoms with Gasteiger partial charge in [0.05, 0.1) is 0 Å². The standard InChI is InChI=1S/C15H9ClF2O/c16-12-7-4-10(5-8-12)14(19)9-6-11-2-1-3-13(17)15(11)18/h1-9H/b9-6+. The van der Waals surface area contributed by atoms with Crippen LogP contribution in [0.2, 0.25) is 5.02 Å². The van der Waals surface area contributed by atoms with Crippen LogP contribution in [0.4, 0.5) is 8.78 Å². The topological polar surface area (TPSA) is 17.1 Å². The van der Waals surface area contributed by atoms with E-state index in [4.69, 9.17) is 11.6 Å². The Kier molecular flexibility index (Phi) is 4.07. The normalized spacial score (nSPS) is 10.9. The van der Waals surface area contributed by atoms with E-state index in [2.05, 4.69) is 0 Å². The van der Waals surface area contributed by atoms with Gasteiger partial charge in [0.2, 0.25) is 0 Å². The van der Waals surface area contributed by atoms with Gasteiger partial charge in [-0.3, -0.25) is 4.79 Å². The van der Waals surface area contributed by atoms with Gasteiger partial charge in [0, 0.05) is 16.1 Å².